The molecule has 2 aromatic carbocycles. The van der Waals surface area contributed by atoms with Crippen molar-refractivity contribution in [1.29, 1.82) is 0 Å². The maximum absolute atomic E-state index is 13.6. The molecule has 0 aliphatic carbocycles. The number of thioether (sulfide) groups is 1. The Morgan fingerprint density at radius 2 is 1.50 bits per heavy atom. The van der Waals surface area contributed by atoms with E-state index in [0.29, 0.717) is 16.1 Å². The molecule has 8 heteroatoms. The van der Waals surface area contributed by atoms with Gasteiger partial charge in [0.2, 0.25) is 0 Å². The molecule has 5 nitrogen and oxygen atoms in total. The lowest BCUT2D eigenvalue weighted by molar-refractivity contribution is -0.109. The number of carbonyl (C=O) groups excluding carboxylic acids is 3. The number of halogens is 2. The molecular weight excluding hydrogens is 467 g/mol. The van der Waals surface area contributed by atoms with Gasteiger partial charge in [-0.15, -0.1) is 0 Å². The van der Waals surface area contributed by atoms with E-state index in [1.165, 1.54) is 23.0 Å². The second-order valence-corrected chi connectivity index (χ2v) is 10.5. The van der Waals surface area contributed by atoms with Crippen LogP contribution in [0, 0.1) is 5.41 Å². The Balaban J connectivity index is 2.47. The molecule has 0 spiro atoms. The first kappa shape index (κ1) is 26.2. The van der Waals surface area contributed by atoms with Crippen LogP contribution >= 0.6 is 35.0 Å². The third kappa shape index (κ3) is 6.27. The molecule has 0 bridgehead atoms. The van der Waals surface area contributed by atoms with Gasteiger partial charge < -0.3 is 0 Å². The molecule has 2 aromatic rings. The molecule has 0 aliphatic rings. The van der Waals surface area contributed by atoms with Crippen molar-refractivity contribution >= 4 is 51.9 Å². The van der Waals surface area contributed by atoms with Crippen LogP contribution < -0.4 is 0 Å². The SMILES string of the molecule is CCN(C(=O)c1ccc(SC(C)=O)cc1)N(C(=O)c1ccc(Cl)c(Cl)c1)C(C)C(C)(C)C. The molecule has 32 heavy (non-hydrogen) atoms. The van der Waals surface area contributed by atoms with E-state index in [1.807, 2.05) is 34.6 Å². The fraction of sp³-hybridized carbons (Fsp3) is 0.375. The lowest BCUT2D eigenvalue weighted by Crippen LogP contribution is -2.57. The zero-order chi connectivity index (χ0) is 24.2. The maximum Gasteiger partial charge on any atom is 0.272 e. The van der Waals surface area contributed by atoms with Gasteiger partial charge in [0.05, 0.1) is 16.1 Å². The Morgan fingerprint density at radius 3 is 1.97 bits per heavy atom. The zero-order valence-electron chi connectivity index (χ0n) is 19.1. The van der Waals surface area contributed by atoms with Crippen molar-refractivity contribution < 1.29 is 14.4 Å². The number of amides is 2. The van der Waals surface area contributed by atoms with Crippen molar-refractivity contribution in [1.82, 2.24) is 10.0 Å². The highest BCUT2D eigenvalue weighted by molar-refractivity contribution is 8.13. The molecule has 0 aromatic heterocycles. The van der Waals surface area contributed by atoms with Crippen LogP contribution in [0.2, 0.25) is 10.0 Å². The minimum atomic E-state index is -0.343. The van der Waals surface area contributed by atoms with Crippen LogP contribution in [-0.4, -0.2) is 39.5 Å². The quantitative estimate of drug-likeness (QED) is 0.347. The lowest BCUT2D eigenvalue weighted by Gasteiger charge is -2.43. The molecule has 2 rings (SSSR count). The minimum absolute atomic E-state index is 0.0309. The van der Waals surface area contributed by atoms with Crippen LogP contribution in [0.4, 0.5) is 0 Å². The average molecular weight is 495 g/mol. The molecule has 0 radical (unpaired) electrons. The fourth-order valence-electron chi connectivity index (χ4n) is 3.00. The van der Waals surface area contributed by atoms with Gasteiger partial charge in [-0.1, -0.05) is 55.7 Å². The summed E-state index contributed by atoms with van der Waals surface area (Å²) in [6.07, 6.45) is 0. The number of nitrogens with zero attached hydrogens (tertiary/aromatic N) is 2. The van der Waals surface area contributed by atoms with Gasteiger partial charge in [-0.3, -0.25) is 14.4 Å². The summed E-state index contributed by atoms with van der Waals surface area (Å²) in [5.41, 5.74) is 0.462. The van der Waals surface area contributed by atoms with Gasteiger partial charge in [0, 0.05) is 29.5 Å². The molecule has 172 valence electrons. The summed E-state index contributed by atoms with van der Waals surface area (Å²) in [6.45, 7) is 11.6. The van der Waals surface area contributed by atoms with Crippen LogP contribution in [0.3, 0.4) is 0 Å². The molecule has 2 amide bonds. The fourth-order valence-corrected chi connectivity index (χ4v) is 3.90. The van der Waals surface area contributed by atoms with Crippen LogP contribution in [0.25, 0.3) is 0 Å². The van der Waals surface area contributed by atoms with E-state index in [9.17, 15) is 14.4 Å². The van der Waals surface area contributed by atoms with Gasteiger partial charge in [-0.2, -0.15) is 0 Å². The third-order valence-corrected chi connectivity index (χ3v) is 6.69. The Labute approximate surface area is 204 Å². The topological polar surface area (TPSA) is 57.7 Å². The van der Waals surface area contributed by atoms with Crippen LogP contribution in [-0.2, 0) is 4.79 Å². The average Bonchev–Trinajstić information content (AvgIpc) is 2.72. The molecule has 0 saturated heterocycles. The molecule has 0 aliphatic heterocycles. The van der Waals surface area contributed by atoms with E-state index < -0.39 is 0 Å². The first-order chi connectivity index (χ1) is 14.9. The summed E-state index contributed by atoms with van der Waals surface area (Å²) in [5, 5.41) is 3.55. The number of hydrazine groups is 1. The Bertz CT molecular complexity index is 1000. The van der Waals surface area contributed by atoms with E-state index in [0.717, 1.165) is 16.7 Å². The van der Waals surface area contributed by atoms with E-state index in [4.69, 9.17) is 23.2 Å². The van der Waals surface area contributed by atoms with Crippen molar-refractivity contribution in [3.8, 4) is 0 Å². The number of rotatable bonds is 5. The van der Waals surface area contributed by atoms with E-state index in [-0.39, 0.29) is 40.0 Å². The predicted molar refractivity (Wildman–Crippen MR) is 131 cm³/mol. The van der Waals surface area contributed by atoms with Gasteiger partial charge in [-0.05, 0) is 61.7 Å². The summed E-state index contributed by atoms with van der Waals surface area (Å²) >= 11 is 13.3. The van der Waals surface area contributed by atoms with E-state index >= 15 is 0 Å². The maximum atomic E-state index is 13.6. The second kappa shape index (κ2) is 10.7. The summed E-state index contributed by atoms with van der Waals surface area (Å²) in [5.74, 6) is -0.652. The summed E-state index contributed by atoms with van der Waals surface area (Å²) in [7, 11) is 0. The molecule has 1 atom stereocenters. The van der Waals surface area contributed by atoms with E-state index in [1.54, 1.807) is 36.4 Å². The van der Waals surface area contributed by atoms with Crippen molar-refractivity contribution in [3.63, 3.8) is 0 Å². The van der Waals surface area contributed by atoms with Crippen molar-refractivity contribution in [3.05, 3.63) is 63.6 Å². The van der Waals surface area contributed by atoms with Gasteiger partial charge in [0.1, 0.15) is 0 Å². The Morgan fingerprint density at radius 1 is 0.938 bits per heavy atom. The molecule has 0 heterocycles. The monoisotopic (exact) mass is 494 g/mol. The lowest BCUT2D eigenvalue weighted by atomic mass is 9.87. The smallest absolute Gasteiger partial charge is 0.272 e. The van der Waals surface area contributed by atoms with Gasteiger partial charge in [-0.25, -0.2) is 10.0 Å². The van der Waals surface area contributed by atoms with Gasteiger partial charge in [0.25, 0.3) is 11.8 Å². The Kier molecular flexibility index (Phi) is 8.80. The minimum Gasteiger partial charge on any atom is -0.287 e. The Hall–Kier alpha value is -2.02. The largest absolute Gasteiger partial charge is 0.287 e. The highest BCUT2D eigenvalue weighted by Crippen LogP contribution is 2.30. The number of carbonyl (C=O) groups is 3. The molecular formula is C24H28Cl2N2O3S. The molecule has 0 saturated carbocycles. The van der Waals surface area contributed by atoms with Gasteiger partial charge in [0.15, 0.2) is 5.12 Å². The number of hydrogen-bond donors (Lipinski definition) is 0. The highest BCUT2D eigenvalue weighted by Gasteiger charge is 2.36. The first-order valence-electron chi connectivity index (χ1n) is 10.3. The summed E-state index contributed by atoms with van der Waals surface area (Å²) in [4.78, 5) is 39.1. The number of hydrogen-bond acceptors (Lipinski definition) is 4. The predicted octanol–water partition coefficient (Wildman–Crippen LogP) is 6.59. The van der Waals surface area contributed by atoms with Crippen molar-refractivity contribution in [2.24, 2.45) is 5.41 Å². The van der Waals surface area contributed by atoms with Crippen LogP contribution in [0.15, 0.2) is 47.4 Å². The third-order valence-electron chi connectivity index (χ3n) is 5.15. The molecule has 0 fully saturated rings. The van der Waals surface area contributed by atoms with Crippen LogP contribution in [0.1, 0.15) is 62.3 Å². The first-order valence-corrected chi connectivity index (χ1v) is 11.8. The summed E-state index contributed by atoms with van der Waals surface area (Å²) in [6, 6.07) is 11.2. The van der Waals surface area contributed by atoms with Crippen molar-refractivity contribution in [2.75, 3.05) is 6.54 Å². The molecule has 0 N–H and O–H groups in total. The normalized spacial score (nSPS) is 12.2. The van der Waals surface area contributed by atoms with Crippen molar-refractivity contribution in [2.45, 2.75) is 52.5 Å². The zero-order valence-corrected chi connectivity index (χ0v) is 21.4. The van der Waals surface area contributed by atoms with Gasteiger partial charge >= 0.3 is 0 Å². The summed E-state index contributed by atoms with van der Waals surface area (Å²) < 4.78 is 0. The number of benzene rings is 2. The van der Waals surface area contributed by atoms with Crippen LogP contribution in [0.5, 0.6) is 0 Å². The second-order valence-electron chi connectivity index (χ2n) is 8.46. The molecule has 1 unspecified atom stereocenters. The highest BCUT2D eigenvalue weighted by atomic mass is 35.5. The van der Waals surface area contributed by atoms with E-state index in [2.05, 4.69) is 0 Å². The standard InChI is InChI=1S/C24H28Cl2N2O3S/c1-7-27(22(30)17-8-11-19(12-9-17)32-16(3)29)28(15(2)24(4,5)6)23(31)18-10-13-20(25)21(26)14-18/h8-15H,7H2,1-6H3.